The van der Waals surface area contributed by atoms with Crippen molar-refractivity contribution in [1.29, 1.82) is 0 Å². The minimum absolute atomic E-state index is 0.0558. The van der Waals surface area contributed by atoms with E-state index in [1.54, 1.807) is 37.3 Å². The van der Waals surface area contributed by atoms with Gasteiger partial charge >= 0.3 is 0 Å². The Morgan fingerprint density at radius 1 is 1.07 bits per heavy atom. The topological polar surface area (TPSA) is 72.9 Å². The minimum atomic E-state index is -3.29. The molecule has 1 heterocycles. The molecule has 0 fully saturated rings. The molecule has 0 aromatic heterocycles. The van der Waals surface area contributed by atoms with Gasteiger partial charge in [-0.2, -0.15) is 0 Å². The van der Waals surface area contributed by atoms with Gasteiger partial charge in [0, 0.05) is 12.1 Å². The summed E-state index contributed by atoms with van der Waals surface area (Å²) >= 11 is 0. The van der Waals surface area contributed by atoms with Gasteiger partial charge in [-0.3, -0.25) is 9.10 Å². The van der Waals surface area contributed by atoms with E-state index < -0.39 is 10.0 Å². The van der Waals surface area contributed by atoms with Crippen LogP contribution in [-0.4, -0.2) is 39.7 Å². The predicted molar refractivity (Wildman–Crippen MR) is 104 cm³/mol. The number of para-hydroxylation sites is 2. The molecule has 1 aliphatic rings. The zero-order chi connectivity index (χ0) is 19.4. The first-order chi connectivity index (χ1) is 13.0. The number of Topliss-reactive ketones (excluding diaryl/α,β-unsaturated/α-hetero) is 1. The van der Waals surface area contributed by atoms with Crippen molar-refractivity contribution in [3.63, 3.8) is 0 Å². The number of fused-ring (bicyclic) bond motifs is 1. The van der Waals surface area contributed by atoms with Gasteiger partial charge in [-0.1, -0.05) is 12.1 Å². The van der Waals surface area contributed by atoms with Crippen LogP contribution in [0.2, 0.25) is 0 Å². The number of carbonyl (C=O) groups is 1. The minimum Gasteiger partial charge on any atom is -0.490 e. The van der Waals surface area contributed by atoms with Crippen LogP contribution in [0.1, 0.15) is 29.8 Å². The Kier molecular flexibility index (Phi) is 5.70. The maximum atomic E-state index is 12.5. The number of rotatable bonds is 8. The van der Waals surface area contributed by atoms with Crippen molar-refractivity contribution in [1.82, 2.24) is 0 Å². The molecule has 2 aromatic carbocycles. The van der Waals surface area contributed by atoms with Crippen LogP contribution in [0.5, 0.6) is 11.5 Å². The highest BCUT2D eigenvalue weighted by atomic mass is 32.2. The molecular formula is C20H23NO5S. The number of ether oxygens (including phenoxy) is 2. The Hall–Kier alpha value is -2.54. The van der Waals surface area contributed by atoms with Crippen molar-refractivity contribution in [2.45, 2.75) is 20.3 Å². The summed E-state index contributed by atoms with van der Waals surface area (Å²) in [5.41, 5.74) is 2.04. The lowest BCUT2D eigenvalue weighted by Gasteiger charge is -2.18. The maximum Gasteiger partial charge on any atom is 0.234 e. The normalized spacial score (nSPS) is 13.3. The lowest BCUT2D eigenvalue weighted by atomic mass is 10.1. The average molecular weight is 389 g/mol. The van der Waals surface area contributed by atoms with Crippen molar-refractivity contribution in [3.05, 3.63) is 53.6 Å². The van der Waals surface area contributed by atoms with E-state index >= 15 is 0 Å². The SMILES string of the molecule is CCOc1ccccc1OCC(=O)c1ccc2c(c1)CCN2S(=O)(=O)CC. The molecule has 0 radical (unpaired) electrons. The standard InChI is InChI=1S/C20H23NO5S/c1-3-25-19-7-5-6-8-20(19)26-14-18(22)16-9-10-17-15(13-16)11-12-21(17)27(23,24)4-2/h5-10,13H,3-4,11-12,14H2,1-2H3. The van der Waals surface area contributed by atoms with Gasteiger partial charge in [0.1, 0.15) is 0 Å². The molecule has 27 heavy (non-hydrogen) atoms. The Morgan fingerprint density at radius 3 is 2.44 bits per heavy atom. The zero-order valence-electron chi connectivity index (χ0n) is 15.5. The van der Waals surface area contributed by atoms with Gasteiger partial charge in [-0.25, -0.2) is 8.42 Å². The van der Waals surface area contributed by atoms with Crippen LogP contribution in [0.25, 0.3) is 0 Å². The van der Waals surface area contributed by atoms with Gasteiger partial charge < -0.3 is 9.47 Å². The number of carbonyl (C=O) groups excluding carboxylic acids is 1. The smallest absolute Gasteiger partial charge is 0.234 e. The second kappa shape index (κ2) is 8.00. The van der Waals surface area contributed by atoms with Gasteiger partial charge in [0.05, 0.1) is 18.0 Å². The summed E-state index contributed by atoms with van der Waals surface area (Å²) in [6, 6.07) is 12.3. The van der Waals surface area contributed by atoms with Gasteiger partial charge in [0.2, 0.25) is 10.0 Å². The molecule has 0 saturated heterocycles. The molecule has 7 heteroatoms. The summed E-state index contributed by atoms with van der Waals surface area (Å²) < 4.78 is 36.9. The fraction of sp³-hybridized carbons (Fsp3) is 0.350. The fourth-order valence-electron chi connectivity index (χ4n) is 3.06. The number of nitrogens with zero attached hydrogens (tertiary/aromatic N) is 1. The molecule has 3 rings (SSSR count). The van der Waals surface area contributed by atoms with E-state index in [-0.39, 0.29) is 18.1 Å². The highest BCUT2D eigenvalue weighted by Gasteiger charge is 2.28. The molecule has 0 N–H and O–H groups in total. The van der Waals surface area contributed by atoms with Crippen LogP contribution in [-0.2, 0) is 16.4 Å². The van der Waals surface area contributed by atoms with Crippen molar-refractivity contribution >= 4 is 21.5 Å². The van der Waals surface area contributed by atoms with E-state index in [0.29, 0.717) is 42.3 Å². The number of benzene rings is 2. The highest BCUT2D eigenvalue weighted by molar-refractivity contribution is 7.92. The fourth-order valence-corrected chi connectivity index (χ4v) is 4.22. The average Bonchev–Trinajstić information content (AvgIpc) is 3.11. The number of hydrogen-bond donors (Lipinski definition) is 0. The second-order valence-electron chi connectivity index (χ2n) is 6.16. The lowest BCUT2D eigenvalue weighted by Crippen LogP contribution is -2.30. The third-order valence-corrected chi connectivity index (χ3v) is 6.24. The third-order valence-electron chi connectivity index (χ3n) is 4.46. The molecule has 2 aromatic rings. The maximum absolute atomic E-state index is 12.5. The first kappa shape index (κ1) is 19.2. The van der Waals surface area contributed by atoms with Crippen LogP contribution in [0, 0.1) is 0 Å². The summed E-state index contributed by atoms with van der Waals surface area (Å²) in [6.45, 7) is 4.33. The summed E-state index contributed by atoms with van der Waals surface area (Å²) in [5.74, 6) is 1.01. The molecule has 144 valence electrons. The van der Waals surface area contributed by atoms with E-state index in [4.69, 9.17) is 9.47 Å². The molecule has 0 atom stereocenters. The summed E-state index contributed by atoms with van der Waals surface area (Å²) in [5, 5.41) is 0. The number of ketones is 1. The molecule has 0 spiro atoms. The lowest BCUT2D eigenvalue weighted by molar-refractivity contribution is 0.0919. The molecular weight excluding hydrogens is 366 g/mol. The van der Waals surface area contributed by atoms with Crippen LogP contribution in [0.15, 0.2) is 42.5 Å². The predicted octanol–water partition coefficient (Wildman–Crippen LogP) is 3.06. The van der Waals surface area contributed by atoms with E-state index in [1.165, 1.54) is 4.31 Å². The molecule has 0 unspecified atom stereocenters. The van der Waals surface area contributed by atoms with Gasteiger partial charge in [-0.15, -0.1) is 0 Å². The van der Waals surface area contributed by atoms with Gasteiger partial charge in [-0.05, 0) is 56.2 Å². The first-order valence-electron chi connectivity index (χ1n) is 8.97. The molecule has 0 aliphatic carbocycles. The number of anilines is 1. The Balaban J connectivity index is 1.72. The van der Waals surface area contributed by atoms with Crippen LogP contribution < -0.4 is 13.8 Å². The van der Waals surface area contributed by atoms with E-state index in [9.17, 15) is 13.2 Å². The monoisotopic (exact) mass is 389 g/mol. The number of sulfonamides is 1. The zero-order valence-corrected chi connectivity index (χ0v) is 16.3. The summed E-state index contributed by atoms with van der Waals surface area (Å²) in [4.78, 5) is 12.5. The first-order valence-corrected chi connectivity index (χ1v) is 10.6. The van der Waals surface area contributed by atoms with Crippen LogP contribution in [0.3, 0.4) is 0 Å². The Labute approximate surface area is 159 Å². The molecule has 0 bridgehead atoms. The van der Waals surface area contributed by atoms with E-state index in [1.807, 2.05) is 19.1 Å². The van der Waals surface area contributed by atoms with Crippen molar-refractivity contribution in [2.75, 3.05) is 29.8 Å². The second-order valence-corrected chi connectivity index (χ2v) is 8.34. The molecule has 6 nitrogen and oxygen atoms in total. The Bertz CT molecular complexity index is 939. The van der Waals surface area contributed by atoms with E-state index in [2.05, 4.69) is 0 Å². The molecule has 0 amide bonds. The van der Waals surface area contributed by atoms with Crippen molar-refractivity contribution < 1.29 is 22.7 Å². The van der Waals surface area contributed by atoms with Crippen LogP contribution in [0.4, 0.5) is 5.69 Å². The van der Waals surface area contributed by atoms with Crippen LogP contribution >= 0.6 is 0 Å². The van der Waals surface area contributed by atoms with Gasteiger partial charge in [0.15, 0.2) is 23.9 Å². The molecule has 1 aliphatic heterocycles. The highest BCUT2D eigenvalue weighted by Crippen LogP contribution is 2.31. The summed E-state index contributed by atoms with van der Waals surface area (Å²) in [6.07, 6.45) is 0.601. The third kappa shape index (κ3) is 4.08. The number of hydrogen-bond acceptors (Lipinski definition) is 5. The van der Waals surface area contributed by atoms with E-state index in [0.717, 1.165) is 5.56 Å². The van der Waals surface area contributed by atoms with Crippen molar-refractivity contribution in [3.8, 4) is 11.5 Å². The molecule has 0 saturated carbocycles. The van der Waals surface area contributed by atoms with Crippen molar-refractivity contribution in [2.24, 2.45) is 0 Å². The largest absolute Gasteiger partial charge is 0.490 e. The Morgan fingerprint density at radius 2 is 1.78 bits per heavy atom. The summed E-state index contributed by atoms with van der Waals surface area (Å²) in [7, 11) is -3.29. The quantitative estimate of drug-likeness (QED) is 0.649. The van der Waals surface area contributed by atoms with Gasteiger partial charge in [0.25, 0.3) is 0 Å².